The molecule has 4 nitrogen and oxygen atoms in total. The number of amides is 1. The molecule has 1 amide bonds. The molecule has 1 aromatic heterocycles. The van der Waals surface area contributed by atoms with Gasteiger partial charge in [-0.1, -0.05) is 18.2 Å². The molecule has 1 fully saturated rings. The molecule has 1 aromatic carbocycles. The second-order valence-corrected chi connectivity index (χ2v) is 6.32. The van der Waals surface area contributed by atoms with E-state index in [4.69, 9.17) is 27.9 Å². The number of benzene rings is 1. The van der Waals surface area contributed by atoms with Crippen molar-refractivity contribution >= 4 is 34.8 Å². The molecule has 1 atom stereocenters. The van der Waals surface area contributed by atoms with E-state index in [0.29, 0.717) is 23.7 Å². The summed E-state index contributed by atoms with van der Waals surface area (Å²) in [4.78, 5) is 16.2. The smallest absolute Gasteiger partial charge is 0.243 e. The Morgan fingerprint density at radius 2 is 1.95 bits per heavy atom. The predicted molar refractivity (Wildman–Crippen MR) is 81.9 cm³/mol. The third-order valence-corrected chi connectivity index (χ3v) is 3.96. The van der Waals surface area contributed by atoms with Gasteiger partial charge in [0.15, 0.2) is 0 Å². The van der Waals surface area contributed by atoms with E-state index in [-0.39, 0.29) is 5.91 Å². The van der Waals surface area contributed by atoms with Crippen molar-refractivity contribution in [3.8, 4) is 11.6 Å². The molecule has 1 N–H and O–H groups in total. The normalized spacial score (nSPS) is 18.9. The van der Waals surface area contributed by atoms with Crippen LogP contribution in [-0.4, -0.2) is 15.2 Å². The number of hydrogen-bond donors (Lipinski definition) is 1. The number of alkyl halides is 2. The third-order valence-electron chi connectivity index (χ3n) is 3.13. The predicted octanol–water partition coefficient (Wildman–Crippen LogP) is 4.01. The van der Waals surface area contributed by atoms with E-state index >= 15 is 0 Å². The molecule has 6 heteroatoms. The largest absolute Gasteiger partial charge is 0.437 e. The number of hydrogen-bond acceptors (Lipinski definition) is 3. The van der Waals surface area contributed by atoms with Gasteiger partial charge in [0.2, 0.25) is 11.8 Å². The first-order valence-corrected chi connectivity index (χ1v) is 7.18. The first kappa shape index (κ1) is 14.2. The van der Waals surface area contributed by atoms with Crippen molar-refractivity contribution in [2.45, 2.75) is 10.8 Å². The van der Waals surface area contributed by atoms with Gasteiger partial charge in [0.25, 0.3) is 0 Å². The van der Waals surface area contributed by atoms with Gasteiger partial charge in [-0.3, -0.25) is 4.79 Å². The van der Waals surface area contributed by atoms with Crippen LogP contribution in [-0.2, 0) is 4.79 Å². The lowest BCUT2D eigenvalue weighted by Gasteiger charge is -2.11. The summed E-state index contributed by atoms with van der Waals surface area (Å²) >= 11 is 11.8. The molecule has 1 aliphatic rings. The van der Waals surface area contributed by atoms with Crippen LogP contribution in [0.1, 0.15) is 6.42 Å². The van der Waals surface area contributed by atoms with Crippen molar-refractivity contribution in [2.75, 3.05) is 5.32 Å². The summed E-state index contributed by atoms with van der Waals surface area (Å²) in [5.41, 5.74) is 0.488. The fourth-order valence-corrected chi connectivity index (χ4v) is 2.39. The van der Waals surface area contributed by atoms with Crippen molar-refractivity contribution in [2.24, 2.45) is 5.92 Å². The number of carbonyl (C=O) groups excluding carboxylic acids is 1. The second kappa shape index (κ2) is 5.54. The van der Waals surface area contributed by atoms with Crippen molar-refractivity contribution in [3.63, 3.8) is 0 Å². The standard InChI is InChI=1S/C15H12Cl2N2O2/c16-15(17)9-11(15)13(20)19-12-7-4-8-18-14(12)21-10-5-2-1-3-6-10/h1-8,11H,9H2,(H,19,20). The first-order chi connectivity index (χ1) is 10.1. The lowest BCUT2D eigenvalue weighted by atomic mass is 10.3. The molecule has 0 saturated heterocycles. The molecule has 21 heavy (non-hydrogen) atoms. The third kappa shape index (κ3) is 3.28. The van der Waals surface area contributed by atoms with Crippen LogP contribution >= 0.6 is 23.2 Å². The molecule has 0 radical (unpaired) electrons. The minimum absolute atomic E-state index is 0.231. The number of halogens is 2. The summed E-state index contributed by atoms with van der Waals surface area (Å²) < 4.78 is 4.72. The van der Waals surface area contributed by atoms with Crippen LogP contribution in [0.5, 0.6) is 11.6 Å². The summed E-state index contributed by atoms with van der Waals surface area (Å²) in [6, 6.07) is 12.7. The number of aromatic nitrogens is 1. The number of pyridine rings is 1. The fourth-order valence-electron chi connectivity index (χ4n) is 1.89. The van der Waals surface area contributed by atoms with Crippen LogP contribution in [0, 0.1) is 5.92 Å². The van der Waals surface area contributed by atoms with Gasteiger partial charge < -0.3 is 10.1 Å². The zero-order chi connectivity index (χ0) is 14.9. The monoisotopic (exact) mass is 322 g/mol. The average Bonchev–Trinajstić information content (AvgIpc) is 3.11. The average molecular weight is 323 g/mol. The molecular weight excluding hydrogens is 311 g/mol. The highest BCUT2D eigenvalue weighted by atomic mass is 35.5. The maximum absolute atomic E-state index is 12.0. The van der Waals surface area contributed by atoms with E-state index in [1.54, 1.807) is 18.3 Å². The Balaban J connectivity index is 1.75. The minimum Gasteiger partial charge on any atom is -0.437 e. The summed E-state index contributed by atoms with van der Waals surface area (Å²) in [7, 11) is 0. The molecule has 1 aliphatic carbocycles. The lowest BCUT2D eigenvalue weighted by Crippen LogP contribution is -2.17. The van der Waals surface area contributed by atoms with Gasteiger partial charge >= 0.3 is 0 Å². The highest BCUT2D eigenvalue weighted by Gasteiger charge is 2.56. The van der Waals surface area contributed by atoms with E-state index in [9.17, 15) is 4.79 Å². The van der Waals surface area contributed by atoms with Gasteiger partial charge in [0.1, 0.15) is 15.8 Å². The van der Waals surface area contributed by atoms with Gasteiger partial charge in [-0.05, 0) is 30.7 Å². The Labute approximate surface area is 132 Å². The number of rotatable bonds is 4. The number of nitrogens with zero attached hydrogens (tertiary/aromatic N) is 1. The highest BCUT2D eigenvalue weighted by molar-refractivity contribution is 6.52. The maximum Gasteiger partial charge on any atom is 0.243 e. The number of nitrogens with one attached hydrogen (secondary N) is 1. The van der Waals surface area contributed by atoms with Crippen LogP contribution in [0.2, 0.25) is 0 Å². The molecule has 0 spiro atoms. The fraction of sp³-hybridized carbons (Fsp3) is 0.200. The zero-order valence-corrected chi connectivity index (χ0v) is 12.4. The zero-order valence-electron chi connectivity index (χ0n) is 10.9. The summed E-state index contributed by atoms with van der Waals surface area (Å²) in [5, 5.41) is 2.75. The van der Waals surface area contributed by atoms with Gasteiger partial charge in [-0.25, -0.2) is 4.98 Å². The Bertz CT molecular complexity index is 662. The quantitative estimate of drug-likeness (QED) is 0.865. The second-order valence-electron chi connectivity index (χ2n) is 4.78. The molecule has 1 heterocycles. The lowest BCUT2D eigenvalue weighted by molar-refractivity contribution is -0.117. The number of ether oxygens (including phenoxy) is 1. The van der Waals surface area contributed by atoms with Crippen molar-refractivity contribution < 1.29 is 9.53 Å². The van der Waals surface area contributed by atoms with E-state index in [2.05, 4.69) is 10.3 Å². The van der Waals surface area contributed by atoms with Gasteiger partial charge in [-0.2, -0.15) is 0 Å². The van der Waals surface area contributed by atoms with E-state index in [1.165, 1.54) is 0 Å². The first-order valence-electron chi connectivity index (χ1n) is 6.43. The van der Waals surface area contributed by atoms with Crippen LogP contribution in [0.3, 0.4) is 0 Å². The highest BCUT2D eigenvalue weighted by Crippen LogP contribution is 2.53. The summed E-state index contributed by atoms with van der Waals surface area (Å²) in [5.74, 6) is 0.339. The van der Waals surface area contributed by atoms with E-state index in [0.717, 1.165) is 0 Å². The van der Waals surface area contributed by atoms with Crippen LogP contribution in [0.25, 0.3) is 0 Å². The Morgan fingerprint density at radius 1 is 1.24 bits per heavy atom. The maximum atomic E-state index is 12.0. The Kier molecular flexibility index (Phi) is 3.74. The number of carbonyl (C=O) groups is 1. The van der Waals surface area contributed by atoms with Gasteiger partial charge in [-0.15, -0.1) is 23.2 Å². The molecule has 2 aromatic rings. The van der Waals surface area contributed by atoms with E-state index in [1.807, 2.05) is 30.3 Å². The molecular formula is C15H12Cl2N2O2. The number of para-hydroxylation sites is 1. The van der Waals surface area contributed by atoms with Crippen molar-refractivity contribution in [1.29, 1.82) is 0 Å². The summed E-state index contributed by atoms with van der Waals surface area (Å²) in [6.07, 6.45) is 2.05. The minimum atomic E-state index is -0.952. The van der Waals surface area contributed by atoms with Crippen LogP contribution in [0.4, 0.5) is 5.69 Å². The molecule has 1 saturated carbocycles. The van der Waals surface area contributed by atoms with Crippen molar-refractivity contribution in [3.05, 3.63) is 48.7 Å². The summed E-state index contributed by atoms with van der Waals surface area (Å²) in [6.45, 7) is 0. The molecule has 108 valence electrons. The van der Waals surface area contributed by atoms with E-state index < -0.39 is 10.3 Å². The number of anilines is 1. The molecule has 0 aliphatic heterocycles. The molecule has 1 unspecified atom stereocenters. The molecule has 3 rings (SSSR count). The van der Waals surface area contributed by atoms with Crippen molar-refractivity contribution in [1.82, 2.24) is 4.98 Å². The van der Waals surface area contributed by atoms with Gasteiger partial charge in [0, 0.05) is 6.20 Å². The SMILES string of the molecule is O=C(Nc1cccnc1Oc1ccccc1)C1CC1(Cl)Cl. The molecule has 0 bridgehead atoms. The Hall–Kier alpha value is -1.78. The van der Waals surface area contributed by atoms with Crippen LogP contribution in [0.15, 0.2) is 48.7 Å². The van der Waals surface area contributed by atoms with Crippen LogP contribution < -0.4 is 10.1 Å². The Morgan fingerprint density at radius 3 is 2.62 bits per heavy atom. The topological polar surface area (TPSA) is 51.2 Å². The van der Waals surface area contributed by atoms with Gasteiger partial charge in [0.05, 0.1) is 5.92 Å².